The summed E-state index contributed by atoms with van der Waals surface area (Å²) in [5, 5.41) is 12.2. The largest absolute Gasteiger partial charge is 0.506 e. The number of rotatable bonds is 5. The molecule has 20 heavy (non-hydrogen) atoms. The minimum Gasteiger partial charge on any atom is -0.506 e. The number of carbonyl (C=O) groups is 1. The molecule has 6 heteroatoms. The number of nitrogens with one attached hydrogen (secondary N) is 1. The molecule has 2 aromatic heterocycles. The van der Waals surface area contributed by atoms with Crippen LogP contribution in [0.1, 0.15) is 23.2 Å². The van der Waals surface area contributed by atoms with Gasteiger partial charge in [-0.1, -0.05) is 0 Å². The van der Waals surface area contributed by atoms with E-state index in [2.05, 4.69) is 15.3 Å². The zero-order chi connectivity index (χ0) is 14.0. The highest BCUT2D eigenvalue weighted by molar-refractivity contribution is 5.94. The Bertz CT molecular complexity index is 605. The van der Waals surface area contributed by atoms with E-state index >= 15 is 0 Å². The van der Waals surface area contributed by atoms with Crippen LogP contribution in [0.3, 0.4) is 0 Å². The first kappa shape index (κ1) is 12.7. The molecule has 2 heterocycles. The molecule has 6 nitrogen and oxygen atoms in total. The van der Waals surface area contributed by atoms with Crippen molar-refractivity contribution in [1.29, 1.82) is 0 Å². The Labute approximate surface area is 116 Å². The molecule has 0 aromatic carbocycles. The van der Waals surface area contributed by atoms with E-state index < -0.39 is 0 Å². The summed E-state index contributed by atoms with van der Waals surface area (Å²) >= 11 is 0. The lowest BCUT2D eigenvalue weighted by Crippen LogP contribution is -2.32. The average Bonchev–Trinajstić information content (AvgIpc) is 3.01. The van der Waals surface area contributed by atoms with Gasteiger partial charge in [0.1, 0.15) is 5.75 Å². The molecule has 2 aromatic rings. The average molecular weight is 272 g/mol. The standard InChI is InChI=1S/C14H16N4O2/c19-12-5-11(6-16-7-12)13(20)17-8-14(1-2-14)9-18-4-3-15-10-18/h3-7,10,19H,1-2,8-9H2,(H,17,20). The van der Waals surface area contributed by atoms with Crippen LogP contribution in [0.15, 0.2) is 37.2 Å². The van der Waals surface area contributed by atoms with Gasteiger partial charge in [-0.3, -0.25) is 9.78 Å². The van der Waals surface area contributed by atoms with Crippen molar-refractivity contribution >= 4 is 5.91 Å². The van der Waals surface area contributed by atoms with E-state index in [0.717, 1.165) is 19.4 Å². The van der Waals surface area contributed by atoms with E-state index in [1.807, 2.05) is 10.8 Å². The molecule has 2 N–H and O–H groups in total. The van der Waals surface area contributed by atoms with Gasteiger partial charge in [0.2, 0.25) is 0 Å². The van der Waals surface area contributed by atoms with Crippen LogP contribution in [-0.4, -0.2) is 32.1 Å². The topological polar surface area (TPSA) is 80.0 Å². The monoisotopic (exact) mass is 272 g/mol. The van der Waals surface area contributed by atoms with E-state index in [4.69, 9.17) is 0 Å². The molecule has 1 fully saturated rings. The number of imidazole rings is 1. The molecule has 0 bridgehead atoms. The van der Waals surface area contributed by atoms with Crippen molar-refractivity contribution in [1.82, 2.24) is 19.9 Å². The molecule has 1 aliphatic rings. The van der Waals surface area contributed by atoms with Gasteiger partial charge in [-0.05, 0) is 18.9 Å². The number of carbonyl (C=O) groups excluding carboxylic acids is 1. The van der Waals surface area contributed by atoms with Crippen molar-refractivity contribution < 1.29 is 9.90 Å². The van der Waals surface area contributed by atoms with Gasteiger partial charge in [0.05, 0.1) is 18.1 Å². The lowest BCUT2D eigenvalue weighted by atomic mass is 10.1. The molecule has 0 unspecified atom stereocenters. The Morgan fingerprint density at radius 2 is 2.25 bits per heavy atom. The number of hydrogen-bond acceptors (Lipinski definition) is 4. The molecule has 0 saturated heterocycles. The molecule has 0 aliphatic heterocycles. The maximum atomic E-state index is 12.0. The lowest BCUT2D eigenvalue weighted by molar-refractivity contribution is 0.0942. The van der Waals surface area contributed by atoms with Crippen LogP contribution >= 0.6 is 0 Å². The SMILES string of the molecule is O=C(NCC1(Cn2ccnc2)CC1)c1cncc(O)c1. The third kappa shape index (κ3) is 2.79. The minimum absolute atomic E-state index is 0.00259. The maximum Gasteiger partial charge on any atom is 0.253 e. The molecule has 3 rings (SSSR count). The minimum atomic E-state index is -0.203. The van der Waals surface area contributed by atoms with E-state index in [1.165, 1.54) is 18.5 Å². The smallest absolute Gasteiger partial charge is 0.253 e. The number of aromatic hydroxyl groups is 1. The number of hydrogen-bond donors (Lipinski definition) is 2. The Hall–Kier alpha value is -2.37. The van der Waals surface area contributed by atoms with Gasteiger partial charge in [-0.2, -0.15) is 0 Å². The highest BCUT2D eigenvalue weighted by atomic mass is 16.3. The second-order valence-electron chi connectivity index (χ2n) is 5.35. The molecule has 1 amide bonds. The summed E-state index contributed by atoms with van der Waals surface area (Å²) < 4.78 is 2.04. The van der Waals surface area contributed by atoms with Crippen LogP contribution in [0.2, 0.25) is 0 Å². The summed E-state index contributed by atoms with van der Waals surface area (Å²) in [4.78, 5) is 19.8. The van der Waals surface area contributed by atoms with E-state index in [0.29, 0.717) is 12.1 Å². The fraction of sp³-hybridized carbons (Fsp3) is 0.357. The Balaban J connectivity index is 1.58. The van der Waals surface area contributed by atoms with Crippen molar-refractivity contribution in [3.05, 3.63) is 42.7 Å². The molecular formula is C14H16N4O2. The Morgan fingerprint density at radius 1 is 1.40 bits per heavy atom. The molecule has 0 radical (unpaired) electrons. The normalized spacial score (nSPS) is 15.8. The van der Waals surface area contributed by atoms with Gasteiger partial charge >= 0.3 is 0 Å². The summed E-state index contributed by atoms with van der Waals surface area (Å²) in [7, 11) is 0. The van der Waals surface area contributed by atoms with Crippen LogP contribution in [0.5, 0.6) is 5.75 Å². The summed E-state index contributed by atoms with van der Waals surface area (Å²) in [6, 6.07) is 1.41. The first-order valence-electron chi connectivity index (χ1n) is 6.55. The highest BCUT2D eigenvalue weighted by Gasteiger charge is 2.43. The highest BCUT2D eigenvalue weighted by Crippen LogP contribution is 2.46. The van der Waals surface area contributed by atoms with Crippen molar-refractivity contribution in [2.24, 2.45) is 5.41 Å². The first-order valence-corrected chi connectivity index (χ1v) is 6.55. The van der Waals surface area contributed by atoms with Gasteiger partial charge < -0.3 is 15.0 Å². The zero-order valence-corrected chi connectivity index (χ0v) is 11.0. The predicted molar refractivity (Wildman–Crippen MR) is 72.1 cm³/mol. The van der Waals surface area contributed by atoms with Gasteiger partial charge in [-0.25, -0.2) is 4.98 Å². The van der Waals surface area contributed by atoms with Gasteiger partial charge in [-0.15, -0.1) is 0 Å². The molecular weight excluding hydrogens is 256 g/mol. The molecule has 104 valence electrons. The lowest BCUT2D eigenvalue weighted by Gasteiger charge is -2.16. The van der Waals surface area contributed by atoms with Crippen LogP contribution < -0.4 is 5.32 Å². The maximum absolute atomic E-state index is 12.0. The van der Waals surface area contributed by atoms with Crippen molar-refractivity contribution in [2.75, 3.05) is 6.54 Å². The quantitative estimate of drug-likeness (QED) is 0.857. The van der Waals surface area contributed by atoms with Crippen molar-refractivity contribution in [3.63, 3.8) is 0 Å². The number of amides is 1. The second-order valence-corrected chi connectivity index (χ2v) is 5.35. The fourth-order valence-corrected chi connectivity index (χ4v) is 2.26. The van der Waals surface area contributed by atoms with Crippen LogP contribution in [0.4, 0.5) is 0 Å². The Morgan fingerprint density at radius 3 is 2.90 bits per heavy atom. The first-order chi connectivity index (χ1) is 9.67. The molecule has 0 spiro atoms. The summed E-state index contributed by atoms with van der Waals surface area (Å²) in [5.74, 6) is -0.206. The Kier molecular flexibility index (Phi) is 3.14. The third-order valence-corrected chi connectivity index (χ3v) is 3.64. The van der Waals surface area contributed by atoms with Gasteiger partial charge in [0.15, 0.2) is 0 Å². The summed E-state index contributed by atoms with van der Waals surface area (Å²) in [5.41, 5.74) is 0.518. The van der Waals surface area contributed by atoms with Crippen LogP contribution in [-0.2, 0) is 6.54 Å². The number of aromatic nitrogens is 3. The van der Waals surface area contributed by atoms with Crippen LogP contribution in [0.25, 0.3) is 0 Å². The van der Waals surface area contributed by atoms with Crippen molar-refractivity contribution in [3.8, 4) is 5.75 Å². The van der Waals surface area contributed by atoms with Crippen LogP contribution in [0, 0.1) is 5.41 Å². The predicted octanol–water partition coefficient (Wildman–Crippen LogP) is 1.19. The van der Waals surface area contributed by atoms with E-state index in [1.54, 1.807) is 12.5 Å². The molecule has 0 atom stereocenters. The second kappa shape index (κ2) is 4.96. The summed E-state index contributed by atoms with van der Waals surface area (Å²) in [6.07, 6.45) is 10.4. The number of nitrogens with zero attached hydrogens (tertiary/aromatic N) is 3. The third-order valence-electron chi connectivity index (χ3n) is 3.64. The van der Waals surface area contributed by atoms with Gasteiger partial charge in [0, 0.05) is 37.1 Å². The van der Waals surface area contributed by atoms with Gasteiger partial charge in [0.25, 0.3) is 5.91 Å². The molecule has 1 aliphatic carbocycles. The molecule has 1 saturated carbocycles. The van der Waals surface area contributed by atoms with Crippen molar-refractivity contribution in [2.45, 2.75) is 19.4 Å². The van der Waals surface area contributed by atoms with E-state index in [-0.39, 0.29) is 17.1 Å². The van der Waals surface area contributed by atoms with E-state index in [9.17, 15) is 9.90 Å². The number of pyridine rings is 1. The fourth-order valence-electron chi connectivity index (χ4n) is 2.26. The summed E-state index contributed by atoms with van der Waals surface area (Å²) in [6.45, 7) is 1.49. The zero-order valence-electron chi connectivity index (χ0n) is 11.0.